The Balaban J connectivity index is 1.54. The molecule has 0 bridgehead atoms. The predicted molar refractivity (Wildman–Crippen MR) is 133 cm³/mol. The van der Waals surface area contributed by atoms with Crippen molar-refractivity contribution in [2.75, 3.05) is 62.3 Å². The molecule has 0 aliphatic carbocycles. The van der Waals surface area contributed by atoms with Crippen molar-refractivity contribution < 1.29 is 27.1 Å². The molecule has 0 atom stereocenters. The van der Waals surface area contributed by atoms with Crippen LogP contribution >= 0.6 is 9.39 Å². The lowest BCUT2D eigenvalue weighted by Crippen LogP contribution is -2.49. The summed E-state index contributed by atoms with van der Waals surface area (Å²) in [6, 6.07) is 7.99. The Morgan fingerprint density at radius 1 is 0.914 bits per heavy atom. The van der Waals surface area contributed by atoms with Gasteiger partial charge < -0.3 is 19.4 Å². The number of morpholine rings is 1. The molecule has 4 rings (SSSR count). The molecule has 2 aromatic carbocycles. The third-order valence-corrected chi connectivity index (χ3v) is 7.39. The van der Waals surface area contributed by atoms with Gasteiger partial charge in [0.25, 0.3) is 5.91 Å². The standard InChI is InChI=1S/C24H28F4N4O2S/c1-35(2,29)18-4-6-21(31-11-13-34-14-12-31)19(16-18)23(33)32-9-7-30(8-10-32)22-5-3-17(15-20(22)25)24(26,27)28/h3-6,15-16H,1-2,7-14,29H2. The molecule has 6 nitrogen and oxygen atoms in total. The van der Waals surface area contributed by atoms with Gasteiger partial charge in [0.05, 0.1) is 30.0 Å². The van der Waals surface area contributed by atoms with Crippen LogP contribution in [0.25, 0.3) is 0 Å². The van der Waals surface area contributed by atoms with Crippen molar-refractivity contribution in [3.63, 3.8) is 0 Å². The van der Waals surface area contributed by atoms with Gasteiger partial charge in [-0.15, -0.1) is 9.39 Å². The smallest absolute Gasteiger partial charge is 0.378 e. The maximum absolute atomic E-state index is 14.4. The highest BCUT2D eigenvalue weighted by molar-refractivity contribution is 8.26. The molecule has 0 radical (unpaired) electrons. The van der Waals surface area contributed by atoms with Gasteiger partial charge in [-0.3, -0.25) is 9.93 Å². The Kier molecular flexibility index (Phi) is 7.03. The molecule has 2 fully saturated rings. The van der Waals surface area contributed by atoms with Crippen LogP contribution in [0.5, 0.6) is 0 Å². The van der Waals surface area contributed by atoms with Crippen molar-refractivity contribution in [3.05, 3.63) is 53.3 Å². The summed E-state index contributed by atoms with van der Waals surface area (Å²) >= 11 is 0. The molecule has 190 valence electrons. The fourth-order valence-corrected chi connectivity index (χ4v) is 4.97. The first kappa shape index (κ1) is 25.3. The molecular weight excluding hydrogens is 484 g/mol. The minimum Gasteiger partial charge on any atom is -0.378 e. The number of carbonyl (C=O) groups is 1. The maximum Gasteiger partial charge on any atom is 0.416 e. The largest absolute Gasteiger partial charge is 0.416 e. The van der Waals surface area contributed by atoms with Gasteiger partial charge in [-0.05, 0) is 36.4 Å². The second-order valence-corrected chi connectivity index (χ2v) is 11.0. The van der Waals surface area contributed by atoms with E-state index in [1.807, 2.05) is 12.1 Å². The second kappa shape index (κ2) is 9.71. The van der Waals surface area contributed by atoms with E-state index in [2.05, 4.69) is 16.6 Å². The number of halogens is 4. The van der Waals surface area contributed by atoms with Crippen LogP contribution in [0.1, 0.15) is 15.9 Å². The number of anilines is 2. The number of carbonyl (C=O) groups excluding carboxylic acids is 1. The van der Waals surface area contributed by atoms with Gasteiger partial charge in [-0.2, -0.15) is 13.2 Å². The van der Waals surface area contributed by atoms with E-state index < -0.39 is 26.9 Å². The first-order valence-corrected chi connectivity index (χ1v) is 13.1. The molecule has 0 spiro atoms. The van der Waals surface area contributed by atoms with Gasteiger partial charge in [0, 0.05) is 49.9 Å². The number of benzene rings is 2. The van der Waals surface area contributed by atoms with Crippen molar-refractivity contribution >= 4 is 38.4 Å². The van der Waals surface area contributed by atoms with Crippen LogP contribution in [-0.2, 0) is 10.9 Å². The van der Waals surface area contributed by atoms with Gasteiger partial charge in [-0.25, -0.2) is 4.39 Å². The summed E-state index contributed by atoms with van der Waals surface area (Å²) in [6.45, 7) is 3.58. The molecule has 2 aromatic rings. The van der Waals surface area contributed by atoms with Crippen molar-refractivity contribution in [3.8, 4) is 0 Å². The topological polar surface area (TPSA) is 62.0 Å². The average Bonchev–Trinajstić information content (AvgIpc) is 2.83. The molecule has 0 aromatic heterocycles. The van der Waals surface area contributed by atoms with E-state index in [1.165, 1.54) is 0 Å². The van der Waals surface area contributed by atoms with E-state index in [1.54, 1.807) is 15.9 Å². The molecule has 2 heterocycles. The monoisotopic (exact) mass is 512 g/mol. The quantitative estimate of drug-likeness (QED) is 0.502. The number of piperazine rings is 1. The van der Waals surface area contributed by atoms with Gasteiger partial charge >= 0.3 is 6.18 Å². The lowest BCUT2D eigenvalue weighted by Gasteiger charge is -2.37. The minimum atomic E-state index is -4.61. The highest BCUT2D eigenvalue weighted by Crippen LogP contribution is 2.34. The van der Waals surface area contributed by atoms with E-state index in [0.717, 1.165) is 17.8 Å². The molecule has 1 amide bonds. The third-order valence-electron chi connectivity index (χ3n) is 6.20. The zero-order valence-corrected chi connectivity index (χ0v) is 20.0. The number of hydrogen-bond acceptors (Lipinski definition) is 5. The molecule has 2 aliphatic rings. The molecule has 11 heteroatoms. The fraction of sp³-hybridized carbons (Fsp3) is 0.375. The van der Waals surface area contributed by atoms with Crippen LogP contribution in [0.2, 0.25) is 0 Å². The number of alkyl halides is 3. The van der Waals surface area contributed by atoms with Crippen LogP contribution in [0.15, 0.2) is 41.3 Å². The lowest BCUT2D eigenvalue weighted by molar-refractivity contribution is -0.137. The lowest BCUT2D eigenvalue weighted by atomic mass is 10.1. The molecule has 2 N–H and O–H groups in total. The SMILES string of the molecule is C=S(=C)(N)c1ccc(N2CCOCC2)c(C(=O)N2CCN(c3ccc(C(F)(F)F)cc3F)CC2)c1. The summed E-state index contributed by atoms with van der Waals surface area (Å²) in [6.07, 6.45) is -4.61. The first-order chi connectivity index (χ1) is 16.4. The van der Waals surface area contributed by atoms with Gasteiger partial charge in [0.1, 0.15) is 5.82 Å². The number of hydrogen-bond donors (Lipinski definition) is 1. The Bertz CT molecular complexity index is 1200. The van der Waals surface area contributed by atoms with Crippen LogP contribution in [0.3, 0.4) is 0 Å². The number of rotatable bonds is 4. The Hall–Kier alpha value is -2.76. The fourth-order valence-electron chi connectivity index (χ4n) is 4.28. The summed E-state index contributed by atoms with van der Waals surface area (Å²) in [5.41, 5.74) is 0.332. The second-order valence-electron chi connectivity index (χ2n) is 8.67. The zero-order chi connectivity index (χ0) is 25.4. The molecule has 35 heavy (non-hydrogen) atoms. The Morgan fingerprint density at radius 2 is 1.51 bits per heavy atom. The number of amides is 1. The van der Waals surface area contributed by atoms with Crippen LogP contribution in [0.4, 0.5) is 28.9 Å². The van der Waals surface area contributed by atoms with Crippen LogP contribution in [-0.4, -0.2) is 75.0 Å². The molecule has 2 aliphatic heterocycles. The summed E-state index contributed by atoms with van der Waals surface area (Å²) < 4.78 is 58.5. The zero-order valence-electron chi connectivity index (χ0n) is 19.2. The van der Waals surface area contributed by atoms with Crippen molar-refractivity contribution in [1.82, 2.24) is 4.90 Å². The van der Waals surface area contributed by atoms with Gasteiger partial charge in [0.2, 0.25) is 0 Å². The minimum absolute atomic E-state index is 0.0896. The normalized spacial score (nSPS) is 17.6. The molecular formula is C24H28F4N4O2S. The van der Waals surface area contributed by atoms with E-state index in [9.17, 15) is 22.4 Å². The summed E-state index contributed by atoms with van der Waals surface area (Å²) in [4.78, 5) is 19.7. The number of ether oxygens (including phenoxy) is 1. The molecule has 0 unspecified atom stereocenters. The number of nitrogens with two attached hydrogens (primary N) is 1. The van der Waals surface area contributed by atoms with E-state index >= 15 is 0 Å². The van der Waals surface area contributed by atoms with E-state index in [4.69, 9.17) is 9.88 Å². The predicted octanol–water partition coefficient (Wildman–Crippen LogP) is 3.54. The first-order valence-electron chi connectivity index (χ1n) is 11.1. The van der Waals surface area contributed by atoms with Gasteiger partial charge in [-0.1, -0.05) is 11.7 Å². The average molecular weight is 513 g/mol. The highest BCUT2D eigenvalue weighted by atomic mass is 32.2. The number of nitrogens with zero attached hydrogens (tertiary/aromatic N) is 3. The summed E-state index contributed by atoms with van der Waals surface area (Å²) in [5, 5.41) is 6.16. The van der Waals surface area contributed by atoms with E-state index in [-0.39, 0.29) is 24.7 Å². The van der Waals surface area contributed by atoms with Crippen LogP contribution in [0, 0.1) is 5.82 Å². The van der Waals surface area contributed by atoms with Crippen LogP contribution < -0.4 is 14.9 Å². The third kappa shape index (κ3) is 5.57. The molecule has 2 saturated heterocycles. The summed E-state index contributed by atoms with van der Waals surface area (Å²) in [7, 11) is -2.04. The summed E-state index contributed by atoms with van der Waals surface area (Å²) in [5.74, 6) is 6.77. The van der Waals surface area contributed by atoms with E-state index in [0.29, 0.717) is 55.9 Å². The Labute approximate surface area is 202 Å². The van der Waals surface area contributed by atoms with Crippen molar-refractivity contribution in [2.45, 2.75) is 11.1 Å². The van der Waals surface area contributed by atoms with Crippen molar-refractivity contribution in [1.29, 1.82) is 0 Å². The molecule has 0 saturated carbocycles. The highest BCUT2D eigenvalue weighted by Gasteiger charge is 2.32. The maximum atomic E-state index is 14.4. The van der Waals surface area contributed by atoms with Crippen molar-refractivity contribution in [2.24, 2.45) is 5.14 Å². The van der Waals surface area contributed by atoms with Gasteiger partial charge in [0.15, 0.2) is 0 Å². The Morgan fingerprint density at radius 3 is 2.09 bits per heavy atom.